The Morgan fingerprint density at radius 2 is 1.73 bits per heavy atom. The minimum absolute atomic E-state index is 0. The van der Waals surface area contributed by atoms with Crippen LogP contribution in [0.3, 0.4) is 0 Å². The van der Waals surface area contributed by atoms with Crippen molar-refractivity contribution in [2.24, 2.45) is 23.7 Å². The van der Waals surface area contributed by atoms with Crippen molar-refractivity contribution in [1.29, 1.82) is 0 Å². The number of carbonyl (C=O) groups is 2. The van der Waals surface area contributed by atoms with Crippen LogP contribution in [0.4, 0.5) is 0 Å². The molecule has 52 heavy (non-hydrogen) atoms. The van der Waals surface area contributed by atoms with Crippen molar-refractivity contribution in [2.45, 2.75) is 106 Å². The average molecular weight is 717 g/mol. The van der Waals surface area contributed by atoms with E-state index in [0.29, 0.717) is 28.3 Å². The molecule has 0 radical (unpaired) electrons. The summed E-state index contributed by atoms with van der Waals surface area (Å²) < 4.78 is 10.9. The van der Waals surface area contributed by atoms with Gasteiger partial charge in [-0.1, -0.05) is 91.8 Å². The molecule has 2 aromatic heterocycles. The summed E-state index contributed by atoms with van der Waals surface area (Å²) >= 11 is 0. The third kappa shape index (κ3) is 7.10. The fourth-order valence-corrected chi connectivity index (χ4v) is 8.61. The number of aromatic nitrogens is 2. The van der Waals surface area contributed by atoms with Gasteiger partial charge in [0.1, 0.15) is 12.5 Å². The molecule has 1 fully saturated rings. The molecule has 4 aliphatic rings. The first-order valence-electron chi connectivity index (χ1n) is 18.6. The van der Waals surface area contributed by atoms with Gasteiger partial charge in [-0.2, -0.15) is 11.4 Å². The fourth-order valence-electron chi connectivity index (χ4n) is 8.61. The molecule has 1 saturated heterocycles. The Labute approximate surface area is 324 Å². The molecule has 6 atom stereocenters. The number of aliphatic hydroxyl groups is 1. The van der Waals surface area contributed by atoms with Crippen molar-refractivity contribution < 1.29 is 24.2 Å². The maximum atomic E-state index is 13.5. The van der Waals surface area contributed by atoms with E-state index in [1.165, 1.54) is 18.3 Å². The summed E-state index contributed by atoms with van der Waals surface area (Å²) in [6, 6.07) is -0.516. The Morgan fingerprint density at radius 1 is 0.981 bits per heavy atom. The third-order valence-electron chi connectivity index (χ3n) is 11.6. The second-order valence-electron chi connectivity index (χ2n) is 14.6. The second kappa shape index (κ2) is 16.3. The van der Waals surface area contributed by atoms with Gasteiger partial charge >= 0.3 is 35.0 Å². The summed E-state index contributed by atoms with van der Waals surface area (Å²) in [5, 5.41) is 23.7. The van der Waals surface area contributed by atoms with Crippen LogP contribution in [0.25, 0.3) is 28.4 Å². The fraction of sp³-hybridized carbons (Fsp3) is 0.524. The van der Waals surface area contributed by atoms with Gasteiger partial charge in [0.2, 0.25) is 0 Å². The molecule has 3 aliphatic heterocycles. The van der Waals surface area contributed by atoms with E-state index >= 15 is 0 Å². The summed E-state index contributed by atoms with van der Waals surface area (Å²) in [5.74, 6) is -1.84. The molecule has 0 saturated carbocycles. The molecule has 274 valence electrons. The first-order valence-corrected chi connectivity index (χ1v) is 18.6. The van der Waals surface area contributed by atoms with E-state index in [1.807, 2.05) is 19.1 Å². The number of hydrogen-bond acceptors (Lipinski definition) is 5. The monoisotopic (exact) mass is 716 g/mol. The first-order chi connectivity index (χ1) is 24.4. The molecule has 6 rings (SSSR count). The molecule has 0 spiro atoms. The van der Waals surface area contributed by atoms with E-state index in [1.54, 1.807) is 0 Å². The molecule has 0 aromatic carbocycles. The quantitative estimate of drug-likeness (QED) is 0.176. The molecule has 5 heterocycles. The van der Waals surface area contributed by atoms with E-state index in [-0.39, 0.29) is 59.8 Å². The second-order valence-corrected chi connectivity index (χ2v) is 14.6. The Balaban J connectivity index is 0.00000523. The zero-order valence-corrected chi connectivity index (χ0v) is 33.7. The number of ether oxygens (including phenoxy) is 2. The maximum Gasteiger partial charge on any atom is 2.00 e. The number of nitrogens with zero attached hydrogens (tertiary/aromatic N) is 4. The predicted octanol–water partition coefficient (Wildman–Crippen LogP) is 6.22. The molecule has 10 heteroatoms. The molecule has 2 aromatic rings. The predicted molar refractivity (Wildman–Crippen MR) is 205 cm³/mol. The maximum absolute atomic E-state index is 13.5. The number of aliphatic hydroxyl groups excluding tert-OH is 1. The smallest absolute Gasteiger partial charge is 0.681 e. The van der Waals surface area contributed by atoms with Crippen LogP contribution in [-0.4, -0.2) is 59.9 Å². The molecule has 1 unspecified atom stereocenters. The molecule has 1 N–H and O–H groups in total. The Kier molecular flexibility index (Phi) is 12.4. The van der Waals surface area contributed by atoms with E-state index in [4.69, 9.17) is 30.1 Å². The van der Waals surface area contributed by atoms with Crippen LogP contribution in [0, 0.1) is 37.5 Å². The normalized spacial score (nSPS) is 27.5. The van der Waals surface area contributed by atoms with Crippen molar-refractivity contribution in [3.8, 4) is 0 Å². The number of carbonyl (C=O) groups excluding carboxylic acids is 2. The van der Waals surface area contributed by atoms with Crippen LogP contribution < -0.4 is 20.7 Å². The Bertz CT molecular complexity index is 1980. The number of hydrogen-bond donors (Lipinski definition) is 1. The number of rotatable bonds is 10. The van der Waals surface area contributed by atoms with Gasteiger partial charge in [0, 0.05) is 6.42 Å². The number of methoxy groups -OCH3 is 1. The third-order valence-corrected chi connectivity index (χ3v) is 11.6. The molecular weight excluding hydrogens is 665 g/mol. The van der Waals surface area contributed by atoms with Gasteiger partial charge in [-0.3, -0.25) is 9.59 Å². The zero-order chi connectivity index (χ0) is 36.7. The molecule has 8 bridgehead atoms. The first kappa shape index (κ1) is 39.7. The number of fused-ring (bicyclic) bond motifs is 8. The molecule has 9 nitrogen and oxygen atoms in total. The molecule has 0 amide bonds. The van der Waals surface area contributed by atoms with E-state index in [2.05, 4.69) is 60.6 Å². The minimum Gasteiger partial charge on any atom is -0.681 e. The zero-order valence-electron chi connectivity index (χ0n) is 32.3. The molecule has 1 aliphatic carbocycles. The van der Waals surface area contributed by atoms with Crippen LogP contribution in [0.1, 0.15) is 113 Å². The number of esters is 2. The number of allylic oxidation sites excluding steroid dienone is 4. The minimum atomic E-state index is -1.14. The SMILES string of the molecule is CCC/C(C)=C\COC(=O)CC[C@@H]1C2[N-]/C(=C\C3=C(C)[C@@H](CC)/C(=C/c4[n-]c(c(CC)c4C)/C=c4\[n-]c5c(c4C)[C@@H](O)[C@H](C(=O)OC)C=52)[N-]3)[C@H]1C.[Mg+2]. The van der Waals surface area contributed by atoms with Crippen molar-refractivity contribution in [3.63, 3.8) is 0 Å². The summed E-state index contributed by atoms with van der Waals surface area (Å²) in [5.41, 5.74) is 11.2. The summed E-state index contributed by atoms with van der Waals surface area (Å²) in [6.07, 6.45) is 11.5. The van der Waals surface area contributed by atoms with Crippen molar-refractivity contribution in [3.05, 3.63) is 95.4 Å². The van der Waals surface area contributed by atoms with E-state index < -0.39 is 24.0 Å². The average Bonchev–Trinajstić information content (AvgIpc) is 3.84. The van der Waals surface area contributed by atoms with Gasteiger partial charge in [-0.15, -0.1) is 27.8 Å². The topological polar surface area (TPSA) is 129 Å². The summed E-state index contributed by atoms with van der Waals surface area (Å²) in [4.78, 5) is 36.8. The van der Waals surface area contributed by atoms with Crippen molar-refractivity contribution in [1.82, 2.24) is 9.97 Å². The van der Waals surface area contributed by atoms with Crippen molar-refractivity contribution >= 4 is 52.7 Å². The van der Waals surface area contributed by atoms with Gasteiger partial charge in [0.15, 0.2) is 0 Å². The van der Waals surface area contributed by atoms with Crippen LogP contribution in [0.2, 0.25) is 0 Å². The van der Waals surface area contributed by atoms with Gasteiger partial charge in [-0.25, -0.2) is 0 Å². The molecular formula is C42H52MgN4O5-2. The van der Waals surface area contributed by atoms with Gasteiger partial charge < -0.3 is 35.2 Å². The van der Waals surface area contributed by atoms with Crippen LogP contribution in [-0.2, 0) is 25.5 Å². The van der Waals surface area contributed by atoms with Gasteiger partial charge in [0.25, 0.3) is 0 Å². The van der Waals surface area contributed by atoms with Crippen LogP contribution >= 0.6 is 0 Å². The van der Waals surface area contributed by atoms with Gasteiger partial charge in [-0.05, 0) is 82.8 Å². The standard InChI is InChI=1S/C42H52N4O5.Mg/c1-10-13-21(4)16-17-51-35(47)15-14-28-24(7)31-18-29-22(5)26(11-2)33(43-29)19-30-23(6)27(12-3)34(44-30)20-32-25(8)36-40(46-32)37(39(28)45-31)38(41(36)48)42(49)50-9;/h16,18-20,24,26,28,38-39,41,48H,10-15,17H2,1-9H3;/q-4;+2/b21-16-,31-18-,32-20-,33-19-;/t24-,26+,28-,38+,39?,41+;/m0./s1. The Hall–Kier alpha value is -3.47. The van der Waals surface area contributed by atoms with Gasteiger partial charge in [0.05, 0.1) is 13.2 Å². The van der Waals surface area contributed by atoms with Crippen LogP contribution in [0.15, 0.2) is 40.4 Å². The Morgan fingerprint density at radius 3 is 2.40 bits per heavy atom. The van der Waals surface area contributed by atoms with E-state index in [9.17, 15) is 14.7 Å². The van der Waals surface area contributed by atoms with E-state index in [0.717, 1.165) is 70.9 Å². The van der Waals surface area contributed by atoms with Crippen LogP contribution in [0.5, 0.6) is 0 Å². The largest absolute Gasteiger partial charge is 2.00 e. The van der Waals surface area contributed by atoms with Crippen molar-refractivity contribution in [2.75, 3.05) is 13.7 Å². The summed E-state index contributed by atoms with van der Waals surface area (Å²) in [6.45, 7) is 17.1. The summed E-state index contributed by atoms with van der Waals surface area (Å²) in [7, 11) is 1.34.